The van der Waals surface area contributed by atoms with E-state index >= 15 is 0 Å². The fraction of sp³-hybridized carbons (Fsp3) is 0.385. The number of carbonyl (C=O) groups is 1. The monoisotopic (exact) mass is 298 g/mol. The van der Waals surface area contributed by atoms with E-state index in [2.05, 4.69) is 0 Å². The van der Waals surface area contributed by atoms with Crippen molar-refractivity contribution >= 4 is 34.7 Å². The number of halogens is 1. The zero-order chi connectivity index (χ0) is 13.8. The van der Waals surface area contributed by atoms with Crippen LogP contribution in [0.4, 0.5) is 0 Å². The SMILES string of the molecule is NC(=S)C1CN(C(=O)Cc2ccc(Cl)cc2)CCO1. The summed E-state index contributed by atoms with van der Waals surface area (Å²) >= 11 is 10.7. The Morgan fingerprint density at radius 3 is 2.79 bits per heavy atom. The molecule has 1 atom stereocenters. The molecule has 2 rings (SSSR count). The molecule has 1 unspecified atom stereocenters. The predicted molar refractivity (Wildman–Crippen MR) is 78.3 cm³/mol. The van der Waals surface area contributed by atoms with Gasteiger partial charge in [0.05, 0.1) is 19.6 Å². The van der Waals surface area contributed by atoms with Crippen molar-refractivity contribution in [1.29, 1.82) is 0 Å². The lowest BCUT2D eigenvalue weighted by molar-refractivity contribution is -0.135. The summed E-state index contributed by atoms with van der Waals surface area (Å²) in [6, 6.07) is 7.26. The molecule has 0 radical (unpaired) electrons. The second-order valence-electron chi connectivity index (χ2n) is 4.40. The maximum absolute atomic E-state index is 12.2. The minimum Gasteiger partial charge on any atom is -0.391 e. The van der Waals surface area contributed by atoms with Crippen molar-refractivity contribution in [2.75, 3.05) is 19.7 Å². The second kappa shape index (κ2) is 6.32. The quantitative estimate of drug-likeness (QED) is 0.857. The number of hydrogen-bond acceptors (Lipinski definition) is 3. The van der Waals surface area contributed by atoms with E-state index in [4.69, 9.17) is 34.3 Å². The number of ether oxygens (including phenoxy) is 1. The molecule has 1 fully saturated rings. The van der Waals surface area contributed by atoms with Crippen molar-refractivity contribution in [3.05, 3.63) is 34.9 Å². The Kier molecular flexibility index (Phi) is 4.74. The van der Waals surface area contributed by atoms with Crippen molar-refractivity contribution in [2.24, 2.45) is 5.73 Å². The summed E-state index contributed by atoms with van der Waals surface area (Å²) in [5.41, 5.74) is 6.49. The van der Waals surface area contributed by atoms with E-state index in [9.17, 15) is 4.79 Å². The zero-order valence-electron chi connectivity index (χ0n) is 10.3. The lowest BCUT2D eigenvalue weighted by atomic mass is 10.1. The van der Waals surface area contributed by atoms with Crippen LogP contribution in [-0.4, -0.2) is 41.6 Å². The smallest absolute Gasteiger partial charge is 0.227 e. The van der Waals surface area contributed by atoms with Crippen molar-refractivity contribution in [2.45, 2.75) is 12.5 Å². The maximum atomic E-state index is 12.2. The second-order valence-corrected chi connectivity index (χ2v) is 5.31. The van der Waals surface area contributed by atoms with E-state index in [1.54, 1.807) is 17.0 Å². The van der Waals surface area contributed by atoms with E-state index in [0.717, 1.165) is 5.56 Å². The fourth-order valence-corrected chi connectivity index (χ4v) is 2.21. The van der Waals surface area contributed by atoms with Gasteiger partial charge in [-0.25, -0.2) is 0 Å². The Balaban J connectivity index is 1.96. The van der Waals surface area contributed by atoms with Gasteiger partial charge in [-0.2, -0.15) is 0 Å². The molecule has 2 N–H and O–H groups in total. The first kappa shape index (κ1) is 14.2. The average molecular weight is 299 g/mol. The Bertz CT molecular complexity index is 478. The lowest BCUT2D eigenvalue weighted by Crippen LogP contribution is -2.50. The van der Waals surface area contributed by atoms with Gasteiger partial charge in [-0.3, -0.25) is 4.79 Å². The van der Waals surface area contributed by atoms with Crippen molar-refractivity contribution in [3.63, 3.8) is 0 Å². The van der Waals surface area contributed by atoms with Gasteiger partial charge in [-0.05, 0) is 17.7 Å². The number of rotatable bonds is 3. The summed E-state index contributed by atoms with van der Waals surface area (Å²) in [6.45, 7) is 1.47. The van der Waals surface area contributed by atoms with Gasteiger partial charge in [0, 0.05) is 11.6 Å². The van der Waals surface area contributed by atoms with Gasteiger partial charge in [0.1, 0.15) is 11.1 Å². The van der Waals surface area contributed by atoms with E-state index in [1.165, 1.54) is 0 Å². The van der Waals surface area contributed by atoms with E-state index in [-0.39, 0.29) is 12.0 Å². The molecule has 1 amide bonds. The Hall–Kier alpha value is -1.17. The van der Waals surface area contributed by atoms with Gasteiger partial charge < -0.3 is 15.4 Å². The molecule has 0 spiro atoms. The van der Waals surface area contributed by atoms with E-state index in [1.807, 2.05) is 12.1 Å². The van der Waals surface area contributed by atoms with Crippen LogP contribution in [0, 0.1) is 0 Å². The van der Waals surface area contributed by atoms with Crippen molar-refractivity contribution < 1.29 is 9.53 Å². The topological polar surface area (TPSA) is 55.6 Å². The van der Waals surface area contributed by atoms with Crippen molar-refractivity contribution in [1.82, 2.24) is 4.90 Å². The Morgan fingerprint density at radius 1 is 1.47 bits per heavy atom. The highest BCUT2D eigenvalue weighted by atomic mass is 35.5. The van der Waals surface area contributed by atoms with Crippen LogP contribution in [0.5, 0.6) is 0 Å². The third-order valence-corrected chi connectivity index (χ3v) is 3.52. The summed E-state index contributed by atoms with van der Waals surface area (Å²) < 4.78 is 5.41. The zero-order valence-corrected chi connectivity index (χ0v) is 11.9. The molecule has 0 saturated carbocycles. The molecule has 1 saturated heterocycles. The average Bonchev–Trinajstić information content (AvgIpc) is 2.41. The molecule has 1 aliphatic rings. The molecule has 1 aromatic rings. The van der Waals surface area contributed by atoms with Crippen LogP contribution < -0.4 is 5.73 Å². The molecule has 102 valence electrons. The van der Waals surface area contributed by atoms with Gasteiger partial charge in [-0.1, -0.05) is 36.0 Å². The van der Waals surface area contributed by atoms with Crippen LogP contribution in [0.15, 0.2) is 24.3 Å². The number of carbonyl (C=O) groups excluding carboxylic acids is 1. The third kappa shape index (κ3) is 3.89. The molecule has 1 heterocycles. The molecule has 1 aliphatic heterocycles. The van der Waals surface area contributed by atoms with Gasteiger partial charge in [0.2, 0.25) is 5.91 Å². The minimum absolute atomic E-state index is 0.0480. The molecule has 1 aromatic carbocycles. The summed E-state index contributed by atoms with van der Waals surface area (Å²) in [5, 5.41) is 0.663. The highest BCUT2D eigenvalue weighted by molar-refractivity contribution is 7.80. The first-order valence-corrected chi connectivity index (χ1v) is 6.78. The van der Waals surface area contributed by atoms with Crippen molar-refractivity contribution in [3.8, 4) is 0 Å². The molecule has 4 nitrogen and oxygen atoms in total. The maximum Gasteiger partial charge on any atom is 0.227 e. The van der Waals surface area contributed by atoms with Crippen LogP contribution >= 0.6 is 23.8 Å². The van der Waals surface area contributed by atoms with E-state index < -0.39 is 0 Å². The molecule has 6 heteroatoms. The first-order valence-electron chi connectivity index (χ1n) is 5.99. The molecule has 0 aromatic heterocycles. The number of morpholine rings is 1. The van der Waals surface area contributed by atoms with Crippen LogP contribution in [0.3, 0.4) is 0 Å². The molecule has 0 bridgehead atoms. The number of nitrogens with zero attached hydrogens (tertiary/aromatic N) is 1. The van der Waals surface area contributed by atoms with Gasteiger partial charge in [0.25, 0.3) is 0 Å². The van der Waals surface area contributed by atoms with Gasteiger partial charge in [-0.15, -0.1) is 0 Å². The van der Waals surface area contributed by atoms with Crippen LogP contribution in [-0.2, 0) is 16.0 Å². The third-order valence-electron chi connectivity index (χ3n) is 3.01. The number of amides is 1. The van der Waals surface area contributed by atoms with Crippen LogP contribution in [0.1, 0.15) is 5.56 Å². The van der Waals surface area contributed by atoms with Gasteiger partial charge in [0.15, 0.2) is 0 Å². The summed E-state index contributed by atoms with van der Waals surface area (Å²) in [4.78, 5) is 14.2. The first-order chi connectivity index (χ1) is 9.06. The van der Waals surface area contributed by atoms with E-state index in [0.29, 0.717) is 36.1 Å². The largest absolute Gasteiger partial charge is 0.391 e. The normalized spacial score (nSPS) is 19.2. The highest BCUT2D eigenvalue weighted by Gasteiger charge is 2.25. The summed E-state index contributed by atoms with van der Waals surface area (Å²) in [5.74, 6) is 0.0480. The number of hydrogen-bond donors (Lipinski definition) is 1. The molecular formula is C13H15ClN2O2S. The number of benzene rings is 1. The van der Waals surface area contributed by atoms with Gasteiger partial charge >= 0.3 is 0 Å². The minimum atomic E-state index is -0.335. The van der Waals surface area contributed by atoms with Crippen LogP contribution in [0.2, 0.25) is 5.02 Å². The predicted octanol–water partition coefficient (Wildman–Crippen LogP) is 1.40. The number of nitrogens with two attached hydrogens (primary N) is 1. The summed E-state index contributed by atoms with van der Waals surface area (Å²) in [7, 11) is 0. The molecule has 19 heavy (non-hydrogen) atoms. The Morgan fingerprint density at radius 2 is 2.16 bits per heavy atom. The highest BCUT2D eigenvalue weighted by Crippen LogP contribution is 2.12. The van der Waals surface area contributed by atoms with Crippen LogP contribution in [0.25, 0.3) is 0 Å². The molecule has 0 aliphatic carbocycles. The standard InChI is InChI=1S/C13H15ClN2O2S/c14-10-3-1-9(2-4-10)7-12(17)16-5-6-18-11(8-16)13(15)19/h1-4,11H,5-8H2,(H2,15,19). The molecular weight excluding hydrogens is 284 g/mol. The fourth-order valence-electron chi connectivity index (χ4n) is 1.94. The number of thiocarbonyl (C=S) groups is 1. The Labute approximate surface area is 122 Å². The lowest BCUT2D eigenvalue weighted by Gasteiger charge is -2.32. The summed E-state index contributed by atoms with van der Waals surface area (Å²) in [6.07, 6.45) is 0.0132.